The van der Waals surface area contributed by atoms with Crippen molar-refractivity contribution in [3.05, 3.63) is 47.8 Å². The Balaban J connectivity index is 0.000000630. The van der Waals surface area contributed by atoms with Gasteiger partial charge in [-0.05, 0) is 54.7 Å². The van der Waals surface area contributed by atoms with E-state index in [1.165, 1.54) is 6.07 Å². The van der Waals surface area contributed by atoms with E-state index in [9.17, 15) is 18.8 Å². The van der Waals surface area contributed by atoms with Gasteiger partial charge in [0.2, 0.25) is 11.8 Å². The third kappa shape index (κ3) is 8.93. The molecule has 3 aromatic rings. The molecule has 272 valence electrons. The Bertz CT molecular complexity index is 1630. The van der Waals surface area contributed by atoms with Gasteiger partial charge in [-0.2, -0.15) is 4.98 Å². The van der Waals surface area contributed by atoms with Crippen LogP contribution in [0.15, 0.2) is 40.8 Å². The topological polar surface area (TPSA) is 184 Å². The van der Waals surface area contributed by atoms with Crippen LogP contribution in [-0.4, -0.2) is 100 Å². The highest BCUT2D eigenvalue weighted by Gasteiger charge is 2.42. The van der Waals surface area contributed by atoms with E-state index in [2.05, 4.69) is 42.8 Å². The largest absolute Gasteiger partial charge is 0.423 e. The van der Waals surface area contributed by atoms with Gasteiger partial charge in [-0.15, -0.1) is 0 Å². The van der Waals surface area contributed by atoms with Crippen LogP contribution in [0.5, 0.6) is 0 Å². The second kappa shape index (κ2) is 16.9. The maximum atomic E-state index is 14.4. The predicted octanol–water partition coefficient (Wildman–Crippen LogP) is 2.27. The van der Waals surface area contributed by atoms with Crippen molar-refractivity contribution in [2.75, 3.05) is 80.3 Å². The van der Waals surface area contributed by atoms with Crippen molar-refractivity contribution in [2.24, 2.45) is 17.4 Å². The Morgan fingerprint density at radius 1 is 1.02 bits per heavy atom. The minimum atomic E-state index is -0.656. The van der Waals surface area contributed by atoms with Gasteiger partial charge < -0.3 is 51.3 Å². The zero-order valence-corrected chi connectivity index (χ0v) is 29.1. The molecular weight excluding hydrogens is 645 g/mol. The normalized spacial score (nSPS) is 19.0. The maximum Gasteiger partial charge on any atom is 0.312 e. The second-order valence-corrected chi connectivity index (χ2v) is 13.2. The van der Waals surface area contributed by atoms with E-state index in [-0.39, 0.29) is 42.1 Å². The highest BCUT2D eigenvalue weighted by molar-refractivity contribution is 5.87. The van der Waals surface area contributed by atoms with E-state index in [1.54, 1.807) is 6.07 Å². The summed E-state index contributed by atoms with van der Waals surface area (Å²) in [5, 5.41) is 7.92. The summed E-state index contributed by atoms with van der Waals surface area (Å²) in [5.74, 6) is -0.733. The lowest BCUT2D eigenvalue weighted by Crippen LogP contribution is -2.49. The molecule has 6 rings (SSSR count). The summed E-state index contributed by atoms with van der Waals surface area (Å²) >= 11 is 0. The van der Waals surface area contributed by atoms with Gasteiger partial charge in [-0.25, -0.2) is 9.18 Å². The van der Waals surface area contributed by atoms with E-state index in [0.717, 1.165) is 67.1 Å². The number of ether oxygens (including phenoxy) is 1. The van der Waals surface area contributed by atoms with E-state index in [4.69, 9.17) is 25.6 Å². The van der Waals surface area contributed by atoms with Crippen molar-refractivity contribution in [3.8, 4) is 0 Å². The summed E-state index contributed by atoms with van der Waals surface area (Å²) in [6.45, 7) is 11.6. The molecule has 50 heavy (non-hydrogen) atoms. The molecular formula is C35H50FN9O5. The number of nitrogens with two attached hydrogens (primary N) is 2. The van der Waals surface area contributed by atoms with Crippen molar-refractivity contribution in [2.45, 2.75) is 51.6 Å². The zero-order chi connectivity index (χ0) is 35.8. The van der Waals surface area contributed by atoms with Crippen LogP contribution < -0.4 is 42.1 Å². The molecule has 3 unspecified atom stereocenters. The van der Waals surface area contributed by atoms with Crippen LogP contribution in [0, 0.1) is 11.7 Å². The number of aromatic nitrogens is 1. The number of oxazole rings is 1. The van der Waals surface area contributed by atoms with Crippen LogP contribution in [-0.2, 0) is 14.3 Å². The van der Waals surface area contributed by atoms with Crippen LogP contribution >= 0.6 is 0 Å². The molecule has 4 amide bonds. The molecule has 7 N–H and O–H groups in total. The number of fused-ring (bicyclic) bond motifs is 4. The monoisotopic (exact) mass is 695 g/mol. The first-order valence-electron chi connectivity index (χ1n) is 17.4. The van der Waals surface area contributed by atoms with Gasteiger partial charge >= 0.3 is 6.03 Å². The fraction of sp³-hybridized carbons (Fsp3) is 0.543. The molecule has 0 radical (unpaired) electrons. The van der Waals surface area contributed by atoms with Gasteiger partial charge in [0.05, 0.1) is 25.8 Å². The van der Waals surface area contributed by atoms with Gasteiger partial charge in [0, 0.05) is 69.1 Å². The molecule has 4 heterocycles. The number of halogens is 1. The fourth-order valence-corrected chi connectivity index (χ4v) is 6.60. The molecule has 2 fully saturated rings. The van der Waals surface area contributed by atoms with E-state index in [1.807, 2.05) is 32.9 Å². The minimum absolute atomic E-state index is 0.0171. The number of nitrogens with one attached hydrogen (secondary N) is 3. The standard InChI is InChI=1S/C31H40FN7O4.C4H10N2O/c1-19(2)29(33)30(41)35-17-28(40)34-8-10-39-25-7-9-38(18-23(25)22-5-3-20(32)15-26(22)39)21-4-6-27-24(16-21)36-31(43-27)37-11-13-42-14-12-37;1-2-3-6-4(5)7/h3-6,15-16,19,23,25,29H,7-14,17-18,33H2,1-2H3,(H,34,40)(H,35,41);2-3H2,1H3,(H3,5,6,7). The van der Waals surface area contributed by atoms with Gasteiger partial charge in [0.25, 0.3) is 6.01 Å². The number of carbonyl (C=O) groups excluding carboxylic acids is 3. The quantitative estimate of drug-likeness (QED) is 0.199. The van der Waals surface area contributed by atoms with Crippen LogP contribution in [0.3, 0.4) is 0 Å². The molecule has 2 aromatic carbocycles. The molecule has 3 aliphatic heterocycles. The summed E-state index contributed by atoms with van der Waals surface area (Å²) in [6.07, 6.45) is 1.82. The third-order valence-electron chi connectivity index (χ3n) is 9.35. The Kier molecular flexibility index (Phi) is 12.4. The SMILES string of the molecule is CC(C)C(N)C(=O)NCC(=O)NCCN1c2cc(F)ccc2C2CN(c3ccc4oc(N5CCOCC5)nc4c3)CCC21.CCCNC(N)=O. The number of morpholine rings is 1. The molecule has 3 aliphatic rings. The Morgan fingerprint density at radius 2 is 1.80 bits per heavy atom. The van der Waals surface area contributed by atoms with Crippen molar-refractivity contribution < 1.29 is 27.9 Å². The zero-order valence-electron chi connectivity index (χ0n) is 29.1. The number of hydrogen-bond donors (Lipinski definition) is 5. The number of benzene rings is 2. The summed E-state index contributed by atoms with van der Waals surface area (Å²) in [4.78, 5) is 45.8. The Labute approximate surface area is 292 Å². The van der Waals surface area contributed by atoms with Gasteiger partial charge in [0.15, 0.2) is 5.58 Å². The van der Waals surface area contributed by atoms with Crippen LogP contribution in [0.1, 0.15) is 45.1 Å². The number of amides is 4. The first-order chi connectivity index (χ1) is 24.0. The summed E-state index contributed by atoms with van der Waals surface area (Å²) in [7, 11) is 0. The summed E-state index contributed by atoms with van der Waals surface area (Å²) < 4.78 is 25.9. The molecule has 0 spiro atoms. The third-order valence-corrected chi connectivity index (χ3v) is 9.35. The molecule has 3 atom stereocenters. The van der Waals surface area contributed by atoms with Crippen LogP contribution in [0.4, 0.5) is 26.6 Å². The lowest BCUT2D eigenvalue weighted by molar-refractivity contribution is -0.127. The highest BCUT2D eigenvalue weighted by Crippen LogP contribution is 2.45. The lowest BCUT2D eigenvalue weighted by atomic mass is 9.88. The van der Waals surface area contributed by atoms with E-state index >= 15 is 0 Å². The van der Waals surface area contributed by atoms with Gasteiger partial charge in [-0.3, -0.25) is 9.59 Å². The second-order valence-electron chi connectivity index (χ2n) is 13.2. The van der Waals surface area contributed by atoms with E-state index in [0.29, 0.717) is 38.9 Å². The smallest absolute Gasteiger partial charge is 0.312 e. The average Bonchev–Trinajstić information content (AvgIpc) is 3.68. The van der Waals surface area contributed by atoms with E-state index < -0.39 is 12.1 Å². The fourth-order valence-electron chi connectivity index (χ4n) is 6.60. The molecule has 2 saturated heterocycles. The first-order valence-corrected chi connectivity index (χ1v) is 17.4. The van der Waals surface area contributed by atoms with Crippen molar-refractivity contribution in [1.29, 1.82) is 0 Å². The van der Waals surface area contributed by atoms with Crippen LogP contribution in [0.2, 0.25) is 0 Å². The molecule has 1 aromatic heterocycles. The number of piperidine rings is 1. The molecule has 14 nitrogen and oxygen atoms in total. The first kappa shape index (κ1) is 36.6. The number of anilines is 3. The number of nitrogens with zero attached hydrogens (tertiary/aromatic N) is 4. The summed E-state index contributed by atoms with van der Waals surface area (Å²) in [6, 6.07) is 10.9. The summed E-state index contributed by atoms with van der Waals surface area (Å²) in [5.41, 5.74) is 15.3. The highest BCUT2D eigenvalue weighted by atomic mass is 19.1. The number of primary amides is 1. The molecule has 0 aliphatic carbocycles. The van der Waals surface area contributed by atoms with Crippen molar-refractivity contribution in [3.63, 3.8) is 0 Å². The average molecular weight is 696 g/mol. The number of hydrogen-bond acceptors (Lipinski definition) is 10. The van der Waals surface area contributed by atoms with Crippen molar-refractivity contribution in [1.82, 2.24) is 20.9 Å². The minimum Gasteiger partial charge on any atom is -0.423 e. The Hall–Kier alpha value is -4.63. The van der Waals surface area contributed by atoms with Gasteiger partial charge in [-0.1, -0.05) is 26.8 Å². The van der Waals surface area contributed by atoms with Crippen molar-refractivity contribution >= 4 is 46.3 Å². The lowest BCUT2D eigenvalue weighted by Gasteiger charge is -2.40. The maximum absolute atomic E-state index is 14.4. The molecule has 0 saturated carbocycles. The Morgan fingerprint density at radius 3 is 2.50 bits per heavy atom. The molecule has 0 bridgehead atoms. The van der Waals surface area contributed by atoms with Crippen LogP contribution in [0.25, 0.3) is 11.1 Å². The predicted molar refractivity (Wildman–Crippen MR) is 191 cm³/mol. The number of rotatable bonds is 11. The van der Waals surface area contributed by atoms with Gasteiger partial charge in [0.1, 0.15) is 11.3 Å². The molecule has 15 heteroatoms. The number of urea groups is 1. The number of carbonyl (C=O) groups is 3.